The van der Waals surface area contributed by atoms with Gasteiger partial charge in [-0.2, -0.15) is 0 Å². The van der Waals surface area contributed by atoms with Gasteiger partial charge in [0.25, 0.3) is 0 Å². The SMILES string of the molecule is C1=C[CH]([Zr+2][CH]2C3=Cc4c(cccc42)-c2ccccc2P3c2ccccc2)c2cccc(-c3ccccc3)c21.[Cl-].[Cl-]. The summed E-state index contributed by atoms with van der Waals surface area (Å²) in [4.78, 5) is 0. The summed E-state index contributed by atoms with van der Waals surface area (Å²) < 4.78 is 1.18. The van der Waals surface area contributed by atoms with E-state index in [1.54, 1.807) is 16.4 Å². The van der Waals surface area contributed by atoms with Gasteiger partial charge in [0, 0.05) is 0 Å². The van der Waals surface area contributed by atoms with Gasteiger partial charge in [-0.05, 0) is 0 Å². The van der Waals surface area contributed by atoms with E-state index in [1.807, 2.05) is 0 Å². The monoisotopic (exact) mass is 648 g/mol. The van der Waals surface area contributed by atoms with Crippen molar-refractivity contribution in [2.75, 3.05) is 0 Å². The molecule has 0 amide bonds. The van der Waals surface area contributed by atoms with Gasteiger partial charge in [0.2, 0.25) is 0 Å². The smallest absolute Gasteiger partial charge is 1.00 e. The number of benzene rings is 5. The fourth-order valence-corrected chi connectivity index (χ4v) is 14.6. The summed E-state index contributed by atoms with van der Waals surface area (Å²) in [6.45, 7) is 0. The predicted octanol–water partition coefficient (Wildman–Crippen LogP) is 2.72. The van der Waals surface area contributed by atoms with Gasteiger partial charge in [-0.15, -0.1) is 0 Å². The maximum atomic E-state index is 2.61. The minimum atomic E-state index is -0.940. The van der Waals surface area contributed by atoms with E-state index < -0.39 is 31.2 Å². The van der Waals surface area contributed by atoms with Crippen LogP contribution in [-0.4, -0.2) is 0 Å². The number of halogens is 2. The molecular weight excluding hydrogens is 626 g/mol. The molecule has 3 unspecified atom stereocenters. The molecule has 4 bridgehead atoms. The second kappa shape index (κ2) is 11.4. The molecule has 0 radical (unpaired) electrons. The molecule has 0 spiro atoms. The Labute approximate surface area is 261 Å². The van der Waals surface area contributed by atoms with Gasteiger partial charge in [-0.25, -0.2) is 0 Å². The molecule has 1 aliphatic heterocycles. The molecule has 0 fully saturated rings. The summed E-state index contributed by atoms with van der Waals surface area (Å²) in [5, 5.41) is 4.69. The van der Waals surface area contributed by atoms with Crippen LogP contribution < -0.4 is 35.4 Å². The van der Waals surface area contributed by atoms with Gasteiger partial charge in [-0.3, -0.25) is 0 Å². The standard InChI is InChI=1S/C21H14P.C15H11.2ClH.Zr/c1-2-8-16(9-3-1)22-17-13-15-7-6-11-18(20(15)14-17)19-10-4-5-12-21(19)22;1-2-6-12(7-3-1)14-10-4-8-13-9-5-11-15(13)14;;;/h1-14H;1-11H;2*1H;/q;;;;+2/p-2. The molecule has 0 aromatic heterocycles. The minimum Gasteiger partial charge on any atom is -1.00 e. The Morgan fingerprint density at radius 2 is 1.20 bits per heavy atom. The summed E-state index contributed by atoms with van der Waals surface area (Å²) in [7, 11) is -0.562. The molecule has 2 aliphatic carbocycles. The summed E-state index contributed by atoms with van der Waals surface area (Å²) in [6, 6.07) is 45.4. The zero-order valence-corrected chi connectivity index (χ0v) is 26.5. The summed E-state index contributed by atoms with van der Waals surface area (Å²) in [5.41, 5.74) is 11.6. The van der Waals surface area contributed by atoms with Crippen LogP contribution in [0.1, 0.15) is 29.5 Å². The van der Waals surface area contributed by atoms with Crippen LogP contribution >= 0.6 is 7.92 Å². The van der Waals surface area contributed by atoms with Crippen LogP contribution in [0.4, 0.5) is 0 Å². The number of fused-ring (bicyclic) bond motifs is 4. The van der Waals surface area contributed by atoms with Gasteiger partial charge in [0.15, 0.2) is 0 Å². The van der Waals surface area contributed by atoms with E-state index in [9.17, 15) is 0 Å². The first-order valence-electron chi connectivity index (χ1n) is 13.3. The summed E-state index contributed by atoms with van der Waals surface area (Å²) >= 11 is -0.940. The molecule has 1 heterocycles. The van der Waals surface area contributed by atoms with Crippen LogP contribution in [0.25, 0.3) is 34.4 Å². The summed E-state index contributed by atoms with van der Waals surface area (Å²) in [6.07, 6.45) is 7.56. The van der Waals surface area contributed by atoms with Crippen molar-refractivity contribution >= 4 is 30.7 Å². The topological polar surface area (TPSA) is 0 Å². The van der Waals surface area contributed by atoms with Crippen molar-refractivity contribution in [2.24, 2.45) is 0 Å². The third kappa shape index (κ3) is 4.44. The van der Waals surface area contributed by atoms with Crippen molar-refractivity contribution in [3.8, 4) is 22.3 Å². The van der Waals surface area contributed by atoms with Crippen molar-refractivity contribution in [2.45, 2.75) is 7.25 Å². The van der Waals surface area contributed by atoms with Crippen LogP contribution in [0.3, 0.4) is 0 Å². The van der Waals surface area contributed by atoms with E-state index in [-0.39, 0.29) is 24.8 Å². The van der Waals surface area contributed by atoms with Crippen LogP contribution in [0.15, 0.2) is 133 Å². The molecule has 4 heteroatoms. The van der Waals surface area contributed by atoms with E-state index in [0.29, 0.717) is 7.25 Å². The Balaban J connectivity index is 0.00000145. The van der Waals surface area contributed by atoms with Crippen molar-refractivity contribution in [1.82, 2.24) is 0 Å². The van der Waals surface area contributed by atoms with Gasteiger partial charge in [0.1, 0.15) is 0 Å². The zero-order chi connectivity index (χ0) is 25.1. The quantitative estimate of drug-likeness (QED) is 0.263. The Kier molecular flexibility index (Phi) is 7.87. The second-order valence-corrected chi connectivity index (χ2v) is 16.1. The first kappa shape index (κ1) is 27.6. The molecule has 40 heavy (non-hydrogen) atoms. The summed E-state index contributed by atoms with van der Waals surface area (Å²) in [5.74, 6) is 0. The molecule has 3 atom stereocenters. The molecule has 8 rings (SSSR count). The Morgan fingerprint density at radius 1 is 0.550 bits per heavy atom. The van der Waals surface area contributed by atoms with Crippen LogP contribution in [-0.2, 0) is 23.2 Å². The second-order valence-electron chi connectivity index (χ2n) is 10.2. The van der Waals surface area contributed by atoms with E-state index in [1.165, 1.54) is 44.0 Å². The number of rotatable bonds is 4. The third-order valence-electron chi connectivity index (χ3n) is 8.11. The molecule has 3 aliphatic rings. The van der Waals surface area contributed by atoms with Crippen molar-refractivity contribution in [1.29, 1.82) is 0 Å². The molecule has 5 aromatic carbocycles. The fraction of sp³-hybridized carbons (Fsp3) is 0.0556. The van der Waals surface area contributed by atoms with E-state index in [4.69, 9.17) is 0 Å². The normalized spacial score (nSPS) is 18.8. The number of allylic oxidation sites excluding steroid dienone is 2. The minimum absolute atomic E-state index is 0. The van der Waals surface area contributed by atoms with E-state index in [2.05, 4.69) is 140 Å². The van der Waals surface area contributed by atoms with Gasteiger partial charge in [-0.1, -0.05) is 0 Å². The van der Waals surface area contributed by atoms with E-state index in [0.717, 1.165) is 0 Å². The maximum Gasteiger partial charge on any atom is -1.00 e. The first-order chi connectivity index (χ1) is 18.9. The third-order valence-corrected chi connectivity index (χ3v) is 15.8. The van der Waals surface area contributed by atoms with Gasteiger partial charge < -0.3 is 24.8 Å². The molecule has 0 saturated heterocycles. The number of hydrogen-bond donors (Lipinski definition) is 0. The Hall–Kier alpha value is -2.53. The van der Waals surface area contributed by atoms with Crippen molar-refractivity contribution < 1.29 is 48.0 Å². The zero-order valence-electron chi connectivity index (χ0n) is 21.6. The van der Waals surface area contributed by atoms with Crippen molar-refractivity contribution in [3.63, 3.8) is 0 Å². The van der Waals surface area contributed by atoms with Crippen LogP contribution in [0.5, 0.6) is 0 Å². The molecule has 0 N–H and O–H groups in total. The molecule has 5 aromatic rings. The Morgan fingerprint density at radius 3 is 2.00 bits per heavy atom. The van der Waals surface area contributed by atoms with Gasteiger partial charge in [0.05, 0.1) is 0 Å². The predicted molar refractivity (Wildman–Crippen MR) is 159 cm³/mol. The Bertz CT molecular complexity index is 1760. The van der Waals surface area contributed by atoms with Crippen LogP contribution in [0, 0.1) is 0 Å². The van der Waals surface area contributed by atoms with Gasteiger partial charge >= 0.3 is 238 Å². The molecule has 0 nitrogen and oxygen atoms in total. The molecular formula is C36H25Cl2PZr. The van der Waals surface area contributed by atoms with Crippen molar-refractivity contribution in [3.05, 3.63) is 155 Å². The molecule has 192 valence electrons. The first-order valence-corrected chi connectivity index (χ1v) is 17.5. The largest absolute Gasteiger partial charge is 1.00 e. The van der Waals surface area contributed by atoms with Crippen LogP contribution in [0.2, 0.25) is 0 Å². The average Bonchev–Trinajstić information content (AvgIpc) is 3.52. The fourth-order valence-electron chi connectivity index (χ4n) is 6.42. The number of hydrogen-bond acceptors (Lipinski definition) is 0. The maximum absolute atomic E-state index is 2.61. The molecule has 0 saturated carbocycles. The van der Waals surface area contributed by atoms with E-state index >= 15 is 0 Å². The average molecular weight is 651 g/mol.